The zero-order chi connectivity index (χ0) is 16.0. The molecule has 2 N–H and O–H groups in total. The highest BCUT2D eigenvalue weighted by atomic mass is 32.2. The quantitative estimate of drug-likeness (QED) is 0.762. The van der Waals surface area contributed by atoms with Crippen molar-refractivity contribution in [1.82, 2.24) is 4.72 Å². The number of sulfonamides is 1. The molecule has 21 heavy (non-hydrogen) atoms. The third-order valence-corrected chi connectivity index (χ3v) is 4.50. The standard InChI is InChI=1S/C14H21NO5S/c1-4-20-11-5-7-12(8-6-11)21(18,19)15-9-13(10(2)3)14(16)17/h5-8,10,13,15H,4,9H2,1-3H3,(H,16,17). The second kappa shape index (κ2) is 7.42. The van der Waals surface area contributed by atoms with E-state index in [0.29, 0.717) is 12.4 Å². The molecule has 0 aromatic heterocycles. The maximum atomic E-state index is 12.1. The van der Waals surface area contributed by atoms with Crippen molar-refractivity contribution in [2.75, 3.05) is 13.2 Å². The van der Waals surface area contributed by atoms with E-state index in [9.17, 15) is 13.2 Å². The summed E-state index contributed by atoms with van der Waals surface area (Å²) in [4.78, 5) is 11.1. The normalized spacial score (nSPS) is 13.1. The van der Waals surface area contributed by atoms with Crippen molar-refractivity contribution in [1.29, 1.82) is 0 Å². The lowest BCUT2D eigenvalue weighted by Gasteiger charge is -2.16. The number of benzene rings is 1. The molecular formula is C14H21NO5S. The predicted octanol–water partition coefficient (Wildman–Crippen LogP) is 1.72. The molecule has 0 radical (unpaired) electrons. The van der Waals surface area contributed by atoms with Crippen LogP contribution in [0.5, 0.6) is 5.75 Å². The van der Waals surface area contributed by atoms with Crippen molar-refractivity contribution >= 4 is 16.0 Å². The van der Waals surface area contributed by atoms with Crippen LogP contribution >= 0.6 is 0 Å². The van der Waals surface area contributed by atoms with E-state index in [1.807, 2.05) is 6.92 Å². The van der Waals surface area contributed by atoms with Gasteiger partial charge in [-0.2, -0.15) is 0 Å². The molecule has 0 heterocycles. The minimum Gasteiger partial charge on any atom is -0.494 e. The van der Waals surface area contributed by atoms with E-state index in [4.69, 9.17) is 9.84 Å². The van der Waals surface area contributed by atoms with Crippen LogP contribution < -0.4 is 9.46 Å². The van der Waals surface area contributed by atoms with Crippen molar-refractivity contribution in [3.63, 3.8) is 0 Å². The van der Waals surface area contributed by atoms with Crippen LogP contribution in [0.1, 0.15) is 20.8 Å². The van der Waals surface area contributed by atoms with Gasteiger partial charge in [0, 0.05) is 6.54 Å². The highest BCUT2D eigenvalue weighted by molar-refractivity contribution is 7.89. The van der Waals surface area contributed by atoms with Crippen LogP contribution in [0.15, 0.2) is 29.2 Å². The molecular weight excluding hydrogens is 294 g/mol. The average Bonchev–Trinajstić information content (AvgIpc) is 2.39. The zero-order valence-corrected chi connectivity index (χ0v) is 13.2. The smallest absolute Gasteiger partial charge is 0.308 e. The van der Waals surface area contributed by atoms with Gasteiger partial charge in [0.25, 0.3) is 0 Å². The van der Waals surface area contributed by atoms with Crippen molar-refractivity contribution in [2.24, 2.45) is 11.8 Å². The summed E-state index contributed by atoms with van der Waals surface area (Å²) in [6, 6.07) is 5.99. The van der Waals surface area contributed by atoms with Gasteiger partial charge < -0.3 is 9.84 Å². The lowest BCUT2D eigenvalue weighted by atomic mass is 9.97. The minimum atomic E-state index is -3.72. The number of rotatable bonds is 8. The Balaban J connectivity index is 2.79. The Morgan fingerprint density at radius 1 is 1.29 bits per heavy atom. The van der Waals surface area contributed by atoms with Gasteiger partial charge in [0.2, 0.25) is 10.0 Å². The summed E-state index contributed by atoms with van der Waals surface area (Å²) in [5.41, 5.74) is 0. The van der Waals surface area contributed by atoms with E-state index in [1.165, 1.54) is 12.1 Å². The number of carboxylic acids is 1. The zero-order valence-electron chi connectivity index (χ0n) is 12.4. The number of carboxylic acid groups (broad SMARTS) is 1. The van der Waals surface area contributed by atoms with Gasteiger partial charge in [0.1, 0.15) is 5.75 Å². The number of aliphatic carboxylic acids is 1. The van der Waals surface area contributed by atoms with E-state index >= 15 is 0 Å². The molecule has 0 aliphatic heterocycles. The van der Waals surface area contributed by atoms with Crippen LogP contribution in [0.25, 0.3) is 0 Å². The molecule has 0 saturated heterocycles. The Bertz CT molecular complexity index is 566. The monoisotopic (exact) mass is 315 g/mol. The van der Waals surface area contributed by atoms with Gasteiger partial charge in [-0.15, -0.1) is 0 Å². The molecule has 1 unspecified atom stereocenters. The first-order valence-electron chi connectivity index (χ1n) is 6.73. The van der Waals surface area contributed by atoms with Gasteiger partial charge in [-0.25, -0.2) is 13.1 Å². The van der Waals surface area contributed by atoms with Gasteiger partial charge in [-0.3, -0.25) is 4.79 Å². The van der Waals surface area contributed by atoms with Crippen LogP contribution in [0, 0.1) is 11.8 Å². The van der Waals surface area contributed by atoms with E-state index in [0.717, 1.165) is 0 Å². The molecule has 0 bridgehead atoms. The molecule has 1 aromatic carbocycles. The van der Waals surface area contributed by atoms with Crippen LogP contribution in [0.4, 0.5) is 0 Å². The molecule has 1 aromatic rings. The van der Waals surface area contributed by atoms with Crippen molar-refractivity contribution < 1.29 is 23.1 Å². The third kappa shape index (κ3) is 5.02. The van der Waals surface area contributed by atoms with Crippen molar-refractivity contribution in [3.05, 3.63) is 24.3 Å². The predicted molar refractivity (Wildman–Crippen MR) is 78.8 cm³/mol. The highest BCUT2D eigenvalue weighted by Gasteiger charge is 2.24. The summed E-state index contributed by atoms with van der Waals surface area (Å²) in [7, 11) is -3.72. The fraction of sp³-hybridized carbons (Fsp3) is 0.500. The van der Waals surface area contributed by atoms with E-state index in [2.05, 4.69) is 4.72 Å². The topological polar surface area (TPSA) is 92.7 Å². The summed E-state index contributed by atoms with van der Waals surface area (Å²) in [5.74, 6) is -1.35. The van der Waals surface area contributed by atoms with Crippen molar-refractivity contribution in [2.45, 2.75) is 25.7 Å². The minimum absolute atomic E-state index is 0.0823. The van der Waals surface area contributed by atoms with E-state index < -0.39 is 21.9 Å². The highest BCUT2D eigenvalue weighted by Crippen LogP contribution is 2.17. The average molecular weight is 315 g/mol. The van der Waals surface area contributed by atoms with Gasteiger partial charge in [-0.05, 0) is 37.1 Å². The van der Waals surface area contributed by atoms with Crippen LogP contribution in [-0.2, 0) is 14.8 Å². The summed E-state index contributed by atoms with van der Waals surface area (Å²) in [5, 5.41) is 9.06. The molecule has 1 atom stereocenters. The molecule has 0 amide bonds. The number of hydrogen-bond acceptors (Lipinski definition) is 4. The Morgan fingerprint density at radius 2 is 1.86 bits per heavy atom. The molecule has 0 saturated carbocycles. The number of ether oxygens (including phenoxy) is 1. The van der Waals surface area contributed by atoms with Gasteiger partial charge in [0.15, 0.2) is 0 Å². The fourth-order valence-corrected chi connectivity index (χ4v) is 2.83. The van der Waals surface area contributed by atoms with Crippen LogP contribution in [0.2, 0.25) is 0 Å². The van der Waals surface area contributed by atoms with Crippen LogP contribution in [-0.4, -0.2) is 32.6 Å². The molecule has 0 fully saturated rings. The first-order chi connectivity index (χ1) is 9.77. The first kappa shape index (κ1) is 17.5. The third-order valence-electron chi connectivity index (χ3n) is 3.06. The second-order valence-electron chi connectivity index (χ2n) is 4.95. The molecule has 6 nitrogen and oxygen atoms in total. The van der Waals surface area contributed by atoms with Gasteiger partial charge in [0.05, 0.1) is 17.4 Å². The Hall–Kier alpha value is -1.60. The summed E-state index contributed by atoms with van der Waals surface area (Å²) >= 11 is 0. The van der Waals surface area contributed by atoms with Crippen LogP contribution in [0.3, 0.4) is 0 Å². The summed E-state index contributed by atoms with van der Waals surface area (Å²) < 4.78 is 31.8. The molecule has 0 spiro atoms. The lowest BCUT2D eigenvalue weighted by Crippen LogP contribution is -2.35. The summed E-state index contributed by atoms with van der Waals surface area (Å²) in [6.45, 7) is 5.68. The fourth-order valence-electron chi connectivity index (χ4n) is 1.77. The molecule has 7 heteroatoms. The Labute approximate surface area is 125 Å². The number of carbonyl (C=O) groups is 1. The Morgan fingerprint density at radius 3 is 2.29 bits per heavy atom. The Kier molecular flexibility index (Phi) is 6.17. The molecule has 0 aliphatic carbocycles. The summed E-state index contributed by atoms with van der Waals surface area (Å²) in [6.07, 6.45) is 0. The number of hydrogen-bond donors (Lipinski definition) is 2. The first-order valence-corrected chi connectivity index (χ1v) is 8.21. The van der Waals surface area contributed by atoms with Gasteiger partial charge >= 0.3 is 5.97 Å². The number of nitrogens with one attached hydrogen (secondary N) is 1. The molecule has 0 aliphatic rings. The second-order valence-corrected chi connectivity index (χ2v) is 6.71. The van der Waals surface area contributed by atoms with Crippen molar-refractivity contribution in [3.8, 4) is 5.75 Å². The maximum Gasteiger partial charge on any atom is 0.308 e. The lowest BCUT2D eigenvalue weighted by molar-refractivity contribution is -0.142. The maximum absolute atomic E-state index is 12.1. The SMILES string of the molecule is CCOc1ccc(S(=O)(=O)NCC(C(=O)O)C(C)C)cc1. The van der Waals surface area contributed by atoms with Gasteiger partial charge in [-0.1, -0.05) is 13.8 Å². The largest absolute Gasteiger partial charge is 0.494 e. The van der Waals surface area contributed by atoms with E-state index in [-0.39, 0.29) is 17.4 Å². The van der Waals surface area contributed by atoms with E-state index in [1.54, 1.807) is 26.0 Å². The molecule has 1 rings (SSSR count). The molecule has 118 valence electrons.